The monoisotopic (exact) mass is 797 g/mol. The van der Waals surface area contributed by atoms with E-state index in [0.717, 1.165) is 47.1 Å². The largest absolute Gasteiger partial charge is 0.508 e. The van der Waals surface area contributed by atoms with Crippen LogP contribution in [-0.2, 0) is 6.42 Å². The number of phenols is 5. The van der Waals surface area contributed by atoms with E-state index in [4.69, 9.17) is 17.8 Å². The number of hydrogen-bond acceptors (Lipinski definition) is 8. The highest BCUT2D eigenvalue weighted by Crippen LogP contribution is 2.59. The minimum atomic E-state index is -0.704. The topological polar surface area (TPSA) is 138 Å². The van der Waals surface area contributed by atoms with Crippen LogP contribution in [0.5, 0.6) is 28.7 Å². The Labute approximate surface area is 354 Å². The second kappa shape index (κ2) is 15.3. The van der Waals surface area contributed by atoms with Gasteiger partial charge in [-0.15, -0.1) is 0 Å². The second-order valence-electron chi connectivity index (χ2n) is 15.7. The highest BCUT2D eigenvalue weighted by molar-refractivity contribution is 6.41. The van der Waals surface area contributed by atoms with E-state index in [1.54, 1.807) is 12.1 Å². The molecule has 1 aliphatic heterocycles. The lowest BCUT2D eigenvalue weighted by atomic mass is 9.82. The van der Waals surface area contributed by atoms with Gasteiger partial charge in [0.05, 0.1) is 5.56 Å². The Hall–Kier alpha value is -7.52. The fraction of sp³-hybridized carbons (Fsp3) is 0.115. The van der Waals surface area contributed by atoms with Crippen LogP contribution in [0.4, 0.5) is 0 Å². The smallest absolute Gasteiger partial charge is 0.201 e. The maximum atomic E-state index is 12.3. The van der Waals surface area contributed by atoms with Crippen molar-refractivity contribution in [3.8, 4) is 62.1 Å². The molecule has 9 heteroatoms. The van der Waals surface area contributed by atoms with E-state index in [0.29, 0.717) is 11.4 Å². The van der Waals surface area contributed by atoms with Gasteiger partial charge in [0.25, 0.3) is 0 Å². The number of aromatic hydroxyl groups is 5. The van der Waals surface area contributed by atoms with Gasteiger partial charge in [-0.2, -0.15) is 0 Å². The summed E-state index contributed by atoms with van der Waals surface area (Å²) in [6.45, 7) is 0. The second-order valence-corrected chi connectivity index (χ2v) is 15.7. The molecule has 1 heterocycles. The van der Waals surface area contributed by atoms with Crippen LogP contribution in [0.25, 0.3) is 39.0 Å². The molecule has 2 unspecified atom stereocenters. The van der Waals surface area contributed by atoms with E-state index >= 15 is 0 Å². The van der Waals surface area contributed by atoms with Crippen molar-refractivity contribution in [1.82, 2.24) is 5.32 Å². The van der Waals surface area contributed by atoms with Crippen molar-refractivity contribution >= 4 is 30.6 Å². The van der Waals surface area contributed by atoms with Gasteiger partial charge in [0.2, 0.25) is 5.75 Å². The zero-order valence-electron chi connectivity index (χ0n) is 33.0. The van der Waals surface area contributed by atoms with Crippen LogP contribution in [0.1, 0.15) is 70.3 Å². The van der Waals surface area contributed by atoms with Crippen molar-refractivity contribution < 1.29 is 25.5 Å². The molecule has 0 amide bonds. The fourth-order valence-electron chi connectivity index (χ4n) is 9.03. The molecule has 8 nitrogen and oxygen atoms in total. The quantitative estimate of drug-likeness (QED) is 0.0540. The Morgan fingerprint density at radius 2 is 1.31 bits per heavy atom. The molecule has 0 aromatic heterocycles. The average molecular weight is 798 g/mol. The molecular formula is C52H40BN3O5. The Balaban J connectivity index is 1.13. The molecule has 0 fully saturated rings. The third-order valence-corrected chi connectivity index (χ3v) is 12.1. The Kier molecular flexibility index (Phi) is 9.44. The number of fused-ring (bicyclic) bond motifs is 3. The molecule has 4 aliphatic rings. The van der Waals surface area contributed by atoms with Crippen LogP contribution in [0.15, 0.2) is 156 Å². The standard InChI is InChI=1S/C52H40BN3O5/c53-44-43(45(57)39-28-38-41(42(39)47(44)59)40(48(60)49(61)46(38)58)33-23-21-31(22-24-33)29-13-5-1-6-14-29)52-55-50(34-19-11-4-12-20-34)54-51(56-52)36-26-25-35(30-15-7-2-8-16-30)27-37(36)32-17-9-3-10-18-32/h1-9,11-15,17,19-27,30,51,57-61H,10,16,18,28H2,(H,54,55,56). The number of allylic oxidation sites excluding steroid dienone is 8. The Morgan fingerprint density at radius 3 is 2.02 bits per heavy atom. The normalized spacial score (nSPS) is 17.5. The molecule has 2 atom stereocenters. The van der Waals surface area contributed by atoms with Crippen LogP contribution < -0.4 is 10.8 Å². The van der Waals surface area contributed by atoms with E-state index in [1.165, 1.54) is 11.1 Å². The number of hydrogen-bond donors (Lipinski definition) is 6. The zero-order chi connectivity index (χ0) is 41.8. The molecule has 0 spiro atoms. The number of phenolic OH excluding ortho intramolecular Hbond substituents is 5. The molecule has 0 bridgehead atoms. The van der Waals surface area contributed by atoms with E-state index in [2.05, 4.69) is 66.0 Å². The SMILES string of the molecule is [B]c1c(O)c2c(c(O)c1C1=NC(c3ccc(C4C=CC=CC4)cc3C3=CC=CCC3)NC(c3ccccc3)=N1)Cc1c(O)c(O)c(O)c(-c3ccc(-c4ccccc4)cc3)c1-2. The van der Waals surface area contributed by atoms with E-state index in [1.807, 2.05) is 72.8 Å². The summed E-state index contributed by atoms with van der Waals surface area (Å²) < 4.78 is 0. The van der Waals surface area contributed by atoms with Gasteiger partial charge in [-0.3, -0.25) is 0 Å². The lowest BCUT2D eigenvalue weighted by Gasteiger charge is -2.28. The van der Waals surface area contributed by atoms with Gasteiger partial charge in [0.15, 0.2) is 17.3 Å². The summed E-state index contributed by atoms with van der Waals surface area (Å²) in [5.74, 6) is -1.64. The minimum Gasteiger partial charge on any atom is -0.508 e. The molecule has 2 radical (unpaired) electrons. The number of nitrogens with zero attached hydrogens (tertiary/aromatic N) is 2. The summed E-state index contributed by atoms with van der Waals surface area (Å²) in [4.78, 5) is 10.1. The number of nitrogens with one attached hydrogen (secondary N) is 1. The lowest BCUT2D eigenvalue weighted by Crippen LogP contribution is -2.35. The van der Waals surface area contributed by atoms with Gasteiger partial charge in [-0.1, -0.05) is 146 Å². The number of amidine groups is 2. The van der Waals surface area contributed by atoms with Crippen molar-refractivity contribution in [2.24, 2.45) is 9.98 Å². The van der Waals surface area contributed by atoms with E-state index in [-0.39, 0.29) is 68.5 Å². The first-order valence-electron chi connectivity index (χ1n) is 20.4. The van der Waals surface area contributed by atoms with Crippen LogP contribution in [-0.4, -0.2) is 45.1 Å². The highest BCUT2D eigenvalue weighted by atomic mass is 16.3. The van der Waals surface area contributed by atoms with Crippen LogP contribution in [0, 0.1) is 0 Å². The molecule has 6 N–H and O–H groups in total. The summed E-state index contributed by atoms with van der Waals surface area (Å²) >= 11 is 0. The lowest BCUT2D eigenvalue weighted by molar-refractivity contribution is 0.367. The van der Waals surface area contributed by atoms with Crippen molar-refractivity contribution in [3.63, 3.8) is 0 Å². The van der Waals surface area contributed by atoms with Crippen molar-refractivity contribution in [3.05, 3.63) is 185 Å². The molecule has 6 aromatic rings. The third kappa shape index (κ3) is 6.50. The summed E-state index contributed by atoms with van der Waals surface area (Å²) in [6, 6.07) is 33.3. The zero-order valence-corrected chi connectivity index (χ0v) is 33.0. The Morgan fingerprint density at radius 1 is 0.607 bits per heavy atom. The molecule has 10 rings (SSSR count). The predicted molar refractivity (Wildman–Crippen MR) is 243 cm³/mol. The minimum absolute atomic E-state index is 0.0304. The first kappa shape index (κ1) is 37.7. The maximum Gasteiger partial charge on any atom is 0.201 e. The summed E-state index contributed by atoms with van der Waals surface area (Å²) in [5.41, 5.74) is 8.47. The van der Waals surface area contributed by atoms with Crippen LogP contribution in [0.3, 0.4) is 0 Å². The summed E-state index contributed by atoms with van der Waals surface area (Å²) in [5, 5.41) is 61.8. The van der Waals surface area contributed by atoms with Gasteiger partial charge < -0.3 is 30.8 Å². The molecule has 3 aliphatic carbocycles. The highest BCUT2D eigenvalue weighted by Gasteiger charge is 2.38. The van der Waals surface area contributed by atoms with Crippen LogP contribution >= 0.6 is 0 Å². The predicted octanol–water partition coefficient (Wildman–Crippen LogP) is 9.74. The Bertz CT molecular complexity index is 2950. The van der Waals surface area contributed by atoms with Gasteiger partial charge >= 0.3 is 0 Å². The fourth-order valence-corrected chi connectivity index (χ4v) is 9.03. The van der Waals surface area contributed by atoms with E-state index in [9.17, 15) is 25.5 Å². The number of aliphatic imine (C=N–C) groups is 2. The molecular weight excluding hydrogens is 757 g/mol. The van der Waals surface area contributed by atoms with Gasteiger partial charge in [-0.25, -0.2) is 9.98 Å². The third-order valence-electron chi connectivity index (χ3n) is 12.1. The average Bonchev–Trinajstić information content (AvgIpc) is 3.72. The summed E-state index contributed by atoms with van der Waals surface area (Å²) in [7, 11) is 6.86. The summed E-state index contributed by atoms with van der Waals surface area (Å²) in [6.07, 6.45) is 16.9. The molecule has 0 saturated heterocycles. The first-order chi connectivity index (χ1) is 29.8. The van der Waals surface area contributed by atoms with Crippen LogP contribution in [0.2, 0.25) is 0 Å². The number of rotatable bonds is 7. The van der Waals surface area contributed by atoms with Gasteiger partial charge in [-0.05, 0) is 58.1 Å². The number of benzene rings is 6. The van der Waals surface area contributed by atoms with Crippen molar-refractivity contribution in [1.29, 1.82) is 0 Å². The first-order valence-corrected chi connectivity index (χ1v) is 20.4. The van der Waals surface area contributed by atoms with E-state index < -0.39 is 23.4 Å². The van der Waals surface area contributed by atoms with Gasteiger partial charge in [0, 0.05) is 51.3 Å². The molecule has 6 aromatic carbocycles. The molecule has 61 heavy (non-hydrogen) atoms. The maximum absolute atomic E-state index is 12.3. The van der Waals surface area contributed by atoms with Gasteiger partial charge in [0.1, 0.15) is 31.3 Å². The van der Waals surface area contributed by atoms with Crippen molar-refractivity contribution in [2.75, 3.05) is 0 Å². The molecule has 0 saturated carbocycles. The molecule has 296 valence electrons. The van der Waals surface area contributed by atoms with Crippen molar-refractivity contribution in [2.45, 2.75) is 37.8 Å².